The van der Waals surface area contributed by atoms with Gasteiger partial charge >= 0.3 is 6.03 Å². The van der Waals surface area contributed by atoms with Gasteiger partial charge in [-0.15, -0.1) is 59.7 Å². The molecule has 0 aliphatic carbocycles. The van der Waals surface area contributed by atoms with E-state index in [0.717, 1.165) is 103 Å². The first kappa shape index (κ1) is 41.3. The molecule has 13 heteroatoms. The summed E-state index contributed by atoms with van der Waals surface area (Å²) in [5.74, 6) is 2.94. The van der Waals surface area contributed by atoms with E-state index in [1.54, 1.807) is 34.9 Å². The van der Waals surface area contributed by atoms with Gasteiger partial charge in [0.25, 0.3) is 0 Å². The van der Waals surface area contributed by atoms with Gasteiger partial charge in [0, 0.05) is 68.7 Å². The monoisotopic (exact) mass is 746 g/mol. The number of carbonyl (C=O) groups excluding carboxylic acids is 1. The van der Waals surface area contributed by atoms with Crippen LogP contribution in [-0.4, -0.2) is 100 Å². The number of pyridine rings is 1. The first-order chi connectivity index (χ1) is 21.5. The van der Waals surface area contributed by atoms with Crippen LogP contribution >= 0.6 is 71.4 Å². The number of thiazole rings is 1. The Hall–Kier alpha value is -0.920. The summed E-state index contributed by atoms with van der Waals surface area (Å²) in [5, 5.41) is 4.25. The number of nitrogens with one attached hydrogen (secondary N) is 1. The van der Waals surface area contributed by atoms with Crippen LogP contribution in [0.2, 0.25) is 0 Å². The number of aromatic nitrogens is 2. The lowest BCUT2D eigenvalue weighted by Gasteiger charge is -2.35. The maximum Gasteiger partial charge on any atom is 0.321 e. The van der Waals surface area contributed by atoms with E-state index in [9.17, 15) is 4.79 Å². The molecule has 1 aliphatic heterocycles. The number of fused-ring (bicyclic) bond motifs is 1. The van der Waals surface area contributed by atoms with Crippen molar-refractivity contribution in [3.63, 3.8) is 0 Å². The molecule has 2 aromatic heterocycles. The number of rotatable bonds is 18. The Morgan fingerprint density at radius 3 is 2.28 bits per heavy atom. The lowest BCUT2D eigenvalue weighted by Crippen LogP contribution is -2.49. The molecule has 3 aromatic rings. The third-order valence-corrected chi connectivity index (χ3v) is 11.7. The molecule has 4 rings (SSSR count). The number of hydrogen-bond donors (Lipinski definition) is 1. The van der Waals surface area contributed by atoms with Crippen molar-refractivity contribution >= 4 is 93.4 Å². The fourth-order valence-electron chi connectivity index (χ4n) is 5.32. The van der Waals surface area contributed by atoms with E-state index in [-0.39, 0.29) is 30.8 Å². The number of nitrogens with zero attached hydrogens (tertiary/aromatic N) is 5. The van der Waals surface area contributed by atoms with Gasteiger partial charge in [-0.3, -0.25) is 9.80 Å². The van der Waals surface area contributed by atoms with Crippen molar-refractivity contribution in [2.24, 2.45) is 0 Å². The Morgan fingerprint density at radius 1 is 0.891 bits per heavy atom. The van der Waals surface area contributed by atoms with E-state index in [2.05, 4.69) is 66.2 Å². The van der Waals surface area contributed by atoms with Crippen molar-refractivity contribution in [2.75, 3.05) is 74.9 Å². The largest absolute Gasteiger partial charge is 0.323 e. The van der Waals surface area contributed by atoms with Crippen molar-refractivity contribution in [2.45, 2.75) is 74.1 Å². The van der Waals surface area contributed by atoms with E-state index in [1.807, 2.05) is 23.6 Å². The zero-order chi connectivity index (χ0) is 31.1. The topological polar surface area (TPSA) is 64.6 Å². The van der Waals surface area contributed by atoms with Gasteiger partial charge in [0.1, 0.15) is 5.03 Å². The Labute approximate surface area is 306 Å². The van der Waals surface area contributed by atoms with Crippen LogP contribution in [-0.2, 0) is 0 Å². The summed E-state index contributed by atoms with van der Waals surface area (Å²) in [6, 6.07) is 10.5. The lowest BCUT2D eigenvalue weighted by molar-refractivity contribution is 0.127. The van der Waals surface area contributed by atoms with Gasteiger partial charge in [0.2, 0.25) is 0 Å². The number of halogens is 2. The highest BCUT2D eigenvalue weighted by Gasteiger charge is 2.22. The second-order valence-corrected chi connectivity index (χ2v) is 16.0. The molecular formula is C33H52Cl2N6OS4. The number of para-hydroxylation sites is 1. The summed E-state index contributed by atoms with van der Waals surface area (Å²) in [5.41, 5.74) is 2.98. The second-order valence-electron chi connectivity index (χ2n) is 11.1. The van der Waals surface area contributed by atoms with Crippen LogP contribution in [0.5, 0.6) is 0 Å². The first-order valence-corrected chi connectivity index (χ1v) is 20.0. The number of thioether (sulfide) groups is 3. The minimum absolute atomic E-state index is 0. The zero-order valence-electron chi connectivity index (χ0n) is 27.8. The second kappa shape index (κ2) is 22.7. The molecule has 7 nitrogen and oxygen atoms in total. The van der Waals surface area contributed by atoms with E-state index in [4.69, 9.17) is 9.97 Å². The van der Waals surface area contributed by atoms with Crippen molar-refractivity contribution in [3.05, 3.63) is 36.0 Å². The summed E-state index contributed by atoms with van der Waals surface area (Å²) in [6.07, 6.45) is 5.95. The highest BCUT2D eigenvalue weighted by Crippen LogP contribution is 2.36. The molecule has 2 amide bonds. The maximum absolute atomic E-state index is 13.8. The quantitative estimate of drug-likeness (QED) is 0.102. The summed E-state index contributed by atoms with van der Waals surface area (Å²) in [7, 11) is 0. The number of anilines is 1. The van der Waals surface area contributed by atoms with Crippen LogP contribution in [0.1, 0.15) is 58.6 Å². The van der Waals surface area contributed by atoms with Gasteiger partial charge in [-0.2, -0.15) is 0 Å². The van der Waals surface area contributed by atoms with Gasteiger partial charge < -0.3 is 10.2 Å². The number of benzene rings is 1. The molecule has 1 N–H and O–H groups in total. The lowest BCUT2D eigenvalue weighted by atomic mass is 10.1. The van der Waals surface area contributed by atoms with Crippen molar-refractivity contribution < 1.29 is 4.79 Å². The molecule has 3 heterocycles. The Kier molecular flexibility index (Phi) is 20.3. The molecule has 1 aliphatic rings. The summed E-state index contributed by atoms with van der Waals surface area (Å²) in [6.45, 7) is 16.4. The molecule has 258 valence electrons. The average molecular weight is 748 g/mol. The van der Waals surface area contributed by atoms with Crippen molar-refractivity contribution in [1.82, 2.24) is 24.7 Å². The summed E-state index contributed by atoms with van der Waals surface area (Å²) >= 11 is 7.14. The molecule has 1 aromatic carbocycles. The molecule has 46 heavy (non-hydrogen) atoms. The fourth-order valence-corrected chi connectivity index (χ4v) is 9.17. The standard InChI is InChI=1S/C33H50N6OS4.2ClH/c1-5-8-9-10-13-16-39(32(40)36-30-29(41-6-2)25-26(4)34-31(30)42-7-3)22-21-37-17-19-38(20-18-37)23-24-43-33-35-27-14-11-12-15-28(27)44-33;;/h11-12,14-15,25H,5-10,13,16-24H2,1-4H3,(H,36,40);2*1H. The molecule has 0 saturated carbocycles. The van der Waals surface area contributed by atoms with Crippen LogP contribution in [0.3, 0.4) is 0 Å². The summed E-state index contributed by atoms with van der Waals surface area (Å²) in [4.78, 5) is 31.6. The van der Waals surface area contributed by atoms with E-state index < -0.39 is 0 Å². The molecule has 1 fully saturated rings. The van der Waals surface area contributed by atoms with E-state index >= 15 is 0 Å². The van der Waals surface area contributed by atoms with E-state index in [0.29, 0.717) is 0 Å². The number of piperazine rings is 1. The third-order valence-electron chi connectivity index (χ3n) is 7.77. The first-order valence-electron chi connectivity index (χ1n) is 16.3. The van der Waals surface area contributed by atoms with Crippen LogP contribution in [0.15, 0.2) is 44.6 Å². The Bertz CT molecular complexity index is 1250. The van der Waals surface area contributed by atoms with Gasteiger partial charge in [0.15, 0.2) is 4.34 Å². The maximum atomic E-state index is 13.8. The van der Waals surface area contributed by atoms with Gasteiger partial charge in [-0.25, -0.2) is 14.8 Å². The minimum atomic E-state index is 0. The molecule has 0 radical (unpaired) electrons. The van der Waals surface area contributed by atoms with Gasteiger partial charge in [-0.05, 0) is 43.0 Å². The predicted octanol–water partition coefficient (Wildman–Crippen LogP) is 9.28. The molecular weight excluding hydrogens is 696 g/mol. The van der Waals surface area contributed by atoms with Gasteiger partial charge in [-0.1, -0.05) is 70.3 Å². The minimum Gasteiger partial charge on any atom is -0.323 e. The molecule has 0 bridgehead atoms. The summed E-state index contributed by atoms with van der Waals surface area (Å²) < 4.78 is 2.43. The SMILES string of the molecule is CCCCCCCN(CCN1CCN(CCSc2nc3ccccc3s2)CC1)C(=O)Nc1c(SCC)cc(C)nc1SCC.Cl.Cl. The van der Waals surface area contributed by atoms with Crippen LogP contribution in [0.25, 0.3) is 10.2 Å². The highest BCUT2D eigenvalue weighted by molar-refractivity contribution is 8.01. The number of carbonyl (C=O) groups is 1. The smallest absolute Gasteiger partial charge is 0.321 e. The third kappa shape index (κ3) is 13.2. The van der Waals surface area contributed by atoms with Crippen molar-refractivity contribution in [3.8, 4) is 0 Å². The number of amides is 2. The fraction of sp³-hybridized carbons (Fsp3) is 0.606. The normalized spacial score (nSPS) is 13.7. The molecule has 0 spiro atoms. The number of hydrogen-bond acceptors (Lipinski definition) is 9. The van der Waals surface area contributed by atoms with E-state index in [1.165, 1.54) is 34.7 Å². The molecule has 1 saturated heterocycles. The molecule has 0 unspecified atom stereocenters. The average Bonchev–Trinajstić information content (AvgIpc) is 3.44. The number of aryl methyl sites for hydroxylation is 1. The van der Waals surface area contributed by atoms with Crippen LogP contribution in [0.4, 0.5) is 10.5 Å². The predicted molar refractivity (Wildman–Crippen MR) is 209 cm³/mol. The Morgan fingerprint density at radius 2 is 1.59 bits per heavy atom. The number of unbranched alkanes of at least 4 members (excludes halogenated alkanes) is 4. The van der Waals surface area contributed by atoms with Crippen LogP contribution in [0, 0.1) is 6.92 Å². The van der Waals surface area contributed by atoms with Gasteiger partial charge in [0.05, 0.1) is 15.9 Å². The highest BCUT2D eigenvalue weighted by atomic mass is 35.5. The zero-order valence-corrected chi connectivity index (χ0v) is 32.7. The van der Waals surface area contributed by atoms with Crippen molar-refractivity contribution in [1.29, 1.82) is 0 Å². The number of urea groups is 1. The van der Waals surface area contributed by atoms with Crippen LogP contribution < -0.4 is 5.32 Å². The molecule has 0 atom stereocenters. The Balaban J connectivity index is 0.00000368.